The molecule has 2 aromatic rings. The van der Waals surface area contributed by atoms with Crippen LogP contribution >= 0.6 is 22.9 Å². The lowest BCUT2D eigenvalue weighted by Gasteiger charge is -2.18. The van der Waals surface area contributed by atoms with Crippen LogP contribution in [0.2, 0.25) is 5.02 Å². The van der Waals surface area contributed by atoms with Gasteiger partial charge in [0, 0.05) is 33.7 Å². The monoisotopic (exact) mass is 486 g/mol. The quantitative estimate of drug-likeness (QED) is 0.261. The molecule has 0 saturated heterocycles. The van der Waals surface area contributed by atoms with Crippen molar-refractivity contribution in [3.8, 4) is 0 Å². The van der Waals surface area contributed by atoms with E-state index in [1.54, 1.807) is 11.3 Å². The number of carbonyl (C=O) groups is 2. The van der Waals surface area contributed by atoms with Crippen LogP contribution in [0, 0.1) is 17.8 Å². The fourth-order valence-electron chi connectivity index (χ4n) is 4.43. The zero-order chi connectivity index (χ0) is 23.8. The molecule has 0 spiro atoms. The number of carboxylic acids is 1. The maximum absolute atomic E-state index is 12.6. The van der Waals surface area contributed by atoms with Crippen LogP contribution in [0.3, 0.4) is 0 Å². The maximum Gasteiger partial charge on any atom is 0.303 e. The normalized spacial score (nSPS) is 22.0. The highest BCUT2D eigenvalue weighted by Gasteiger charge is 2.38. The van der Waals surface area contributed by atoms with Gasteiger partial charge in [0.15, 0.2) is 0 Å². The van der Waals surface area contributed by atoms with Crippen molar-refractivity contribution in [2.24, 2.45) is 17.8 Å². The van der Waals surface area contributed by atoms with Gasteiger partial charge in [-0.15, -0.1) is 17.9 Å². The first kappa shape index (κ1) is 25.4. The SMILES string of the molecule is C=C[C@@H]1CC(=O)[C@H](CC=CCCCC(=O)O)[C@H]1C=CC(O)CCc1sc2ccccc2c1Cl. The number of benzene rings is 1. The Bertz CT molecular complexity index is 1040. The topological polar surface area (TPSA) is 74.6 Å². The number of carbonyl (C=O) groups excluding carboxylic acids is 1. The predicted molar refractivity (Wildman–Crippen MR) is 136 cm³/mol. The lowest BCUT2D eigenvalue weighted by Crippen LogP contribution is -2.15. The van der Waals surface area contributed by atoms with Crippen LogP contribution in [-0.4, -0.2) is 28.1 Å². The van der Waals surface area contributed by atoms with E-state index in [1.807, 2.05) is 48.6 Å². The number of thiophene rings is 1. The highest BCUT2D eigenvalue weighted by atomic mass is 35.5. The first-order valence-corrected chi connectivity index (χ1v) is 12.6. The van der Waals surface area contributed by atoms with Gasteiger partial charge in [-0.2, -0.15) is 0 Å². The van der Waals surface area contributed by atoms with E-state index in [2.05, 4.69) is 12.6 Å². The van der Waals surface area contributed by atoms with E-state index in [0.29, 0.717) is 38.5 Å². The molecule has 1 aliphatic carbocycles. The zero-order valence-electron chi connectivity index (χ0n) is 18.7. The van der Waals surface area contributed by atoms with Crippen LogP contribution in [0.15, 0.2) is 61.2 Å². The minimum atomic E-state index is -0.790. The third-order valence-corrected chi connectivity index (χ3v) is 8.03. The van der Waals surface area contributed by atoms with Gasteiger partial charge in [0.05, 0.1) is 11.1 Å². The largest absolute Gasteiger partial charge is 0.481 e. The molecule has 4 atom stereocenters. The molecule has 1 unspecified atom stereocenters. The van der Waals surface area contributed by atoms with E-state index in [9.17, 15) is 14.7 Å². The number of fused-ring (bicyclic) bond motifs is 1. The van der Waals surface area contributed by atoms with Crippen molar-refractivity contribution in [2.45, 2.75) is 51.0 Å². The third kappa shape index (κ3) is 6.89. The molecular formula is C27H31ClO4S. The molecular weight excluding hydrogens is 456 g/mol. The first-order valence-electron chi connectivity index (χ1n) is 11.4. The average Bonchev–Trinajstić information content (AvgIpc) is 3.29. The van der Waals surface area contributed by atoms with Gasteiger partial charge in [-0.1, -0.05) is 60.2 Å². The number of carboxylic acid groups (broad SMARTS) is 1. The van der Waals surface area contributed by atoms with Gasteiger partial charge in [0.2, 0.25) is 0 Å². The van der Waals surface area contributed by atoms with E-state index in [4.69, 9.17) is 16.7 Å². The Morgan fingerprint density at radius 1 is 1.30 bits per heavy atom. The van der Waals surface area contributed by atoms with E-state index in [0.717, 1.165) is 20.0 Å². The van der Waals surface area contributed by atoms with E-state index in [1.165, 1.54) is 0 Å². The van der Waals surface area contributed by atoms with E-state index in [-0.39, 0.29) is 30.0 Å². The number of unbranched alkanes of at least 4 members (excludes halogenated alkanes) is 1. The minimum absolute atomic E-state index is 0.0150. The Labute approximate surface area is 204 Å². The molecule has 0 radical (unpaired) electrons. The second-order valence-corrected chi connectivity index (χ2v) is 10.1. The Balaban J connectivity index is 1.56. The fourth-order valence-corrected chi connectivity index (χ4v) is 5.97. The number of hydrogen-bond donors (Lipinski definition) is 2. The molecule has 176 valence electrons. The summed E-state index contributed by atoms with van der Waals surface area (Å²) in [7, 11) is 0. The van der Waals surface area contributed by atoms with Gasteiger partial charge in [0.1, 0.15) is 5.78 Å². The van der Waals surface area contributed by atoms with Crippen LogP contribution in [0.25, 0.3) is 10.1 Å². The molecule has 0 amide bonds. The van der Waals surface area contributed by atoms with Crippen molar-refractivity contribution in [3.63, 3.8) is 0 Å². The number of rotatable bonds is 12. The molecule has 0 bridgehead atoms. The summed E-state index contributed by atoms with van der Waals surface area (Å²) >= 11 is 8.18. The van der Waals surface area contributed by atoms with Crippen molar-refractivity contribution < 1.29 is 19.8 Å². The molecule has 1 aromatic carbocycles. The molecule has 1 saturated carbocycles. The van der Waals surface area contributed by atoms with Crippen molar-refractivity contribution >= 4 is 44.8 Å². The molecule has 33 heavy (non-hydrogen) atoms. The molecule has 2 N–H and O–H groups in total. The highest BCUT2D eigenvalue weighted by molar-refractivity contribution is 7.19. The van der Waals surface area contributed by atoms with Crippen molar-refractivity contribution in [1.29, 1.82) is 0 Å². The van der Waals surface area contributed by atoms with Gasteiger partial charge in [-0.3, -0.25) is 9.59 Å². The van der Waals surface area contributed by atoms with Crippen molar-refractivity contribution in [1.82, 2.24) is 0 Å². The lowest BCUT2D eigenvalue weighted by atomic mass is 9.86. The summed E-state index contributed by atoms with van der Waals surface area (Å²) in [5.74, 6) is -0.619. The van der Waals surface area contributed by atoms with Gasteiger partial charge in [0.25, 0.3) is 0 Å². The molecule has 4 nitrogen and oxygen atoms in total. The standard InChI is InChI=1S/C27H31ClO4S/c1-2-18-17-23(30)21(9-5-3-4-6-12-26(31)32)20(18)15-13-19(29)14-16-25-27(28)22-10-7-8-11-24(22)33-25/h2-3,5,7-8,10-11,13,15,18-21,29H,1,4,6,9,12,14,16-17H2,(H,31,32)/t18-,19?,20+,21-/m1/s1. The maximum atomic E-state index is 12.6. The summed E-state index contributed by atoms with van der Waals surface area (Å²) in [5, 5.41) is 21.1. The fraction of sp³-hybridized carbons (Fsp3) is 0.407. The molecule has 3 rings (SSSR count). The lowest BCUT2D eigenvalue weighted by molar-refractivity contribution is -0.137. The van der Waals surface area contributed by atoms with Crippen LogP contribution < -0.4 is 0 Å². The van der Waals surface area contributed by atoms with E-state index < -0.39 is 12.1 Å². The highest BCUT2D eigenvalue weighted by Crippen LogP contribution is 2.39. The number of halogens is 1. The predicted octanol–water partition coefficient (Wildman–Crippen LogP) is 6.61. The van der Waals surface area contributed by atoms with Gasteiger partial charge in [-0.05, 0) is 50.0 Å². The molecule has 6 heteroatoms. The second-order valence-electron chi connectivity index (χ2n) is 8.57. The number of ketones is 1. The van der Waals surface area contributed by atoms with Gasteiger partial charge in [-0.25, -0.2) is 0 Å². The smallest absolute Gasteiger partial charge is 0.303 e. The van der Waals surface area contributed by atoms with Crippen LogP contribution in [0.5, 0.6) is 0 Å². The molecule has 1 aromatic heterocycles. The molecule has 1 fully saturated rings. The average molecular weight is 487 g/mol. The number of aliphatic hydroxyl groups excluding tert-OH is 1. The van der Waals surface area contributed by atoms with Crippen molar-refractivity contribution in [2.75, 3.05) is 0 Å². The van der Waals surface area contributed by atoms with Crippen LogP contribution in [0.1, 0.15) is 43.4 Å². The minimum Gasteiger partial charge on any atom is -0.481 e. The first-order chi connectivity index (χ1) is 15.9. The molecule has 0 aliphatic heterocycles. The number of allylic oxidation sites excluding steroid dienone is 4. The number of aliphatic carboxylic acids is 1. The summed E-state index contributed by atoms with van der Waals surface area (Å²) in [5.41, 5.74) is 0. The van der Waals surface area contributed by atoms with Gasteiger partial charge >= 0.3 is 5.97 Å². The zero-order valence-corrected chi connectivity index (χ0v) is 20.2. The summed E-state index contributed by atoms with van der Waals surface area (Å²) in [6.45, 7) is 3.90. The van der Waals surface area contributed by atoms with Crippen LogP contribution in [0.4, 0.5) is 0 Å². The van der Waals surface area contributed by atoms with Gasteiger partial charge < -0.3 is 10.2 Å². The van der Waals surface area contributed by atoms with E-state index >= 15 is 0 Å². The number of hydrogen-bond acceptors (Lipinski definition) is 4. The second kappa shape index (κ2) is 12.3. The summed E-state index contributed by atoms with van der Waals surface area (Å²) < 4.78 is 1.15. The molecule has 1 aliphatic rings. The summed E-state index contributed by atoms with van der Waals surface area (Å²) in [4.78, 5) is 24.2. The molecule has 1 heterocycles. The Kier molecular flexibility index (Phi) is 9.48. The Morgan fingerprint density at radius 3 is 2.82 bits per heavy atom. The van der Waals surface area contributed by atoms with Crippen LogP contribution in [-0.2, 0) is 16.0 Å². The number of Topliss-reactive ketones (excluding diaryl/α,β-unsaturated/α-hetero) is 1. The number of aryl methyl sites for hydroxylation is 1. The Morgan fingerprint density at radius 2 is 2.09 bits per heavy atom. The number of aliphatic hydroxyl groups is 1. The third-order valence-electron chi connectivity index (χ3n) is 6.25. The summed E-state index contributed by atoms with van der Waals surface area (Å²) in [6.07, 6.45) is 12.8. The van der Waals surface area contributed by atoms with Crippen molar-refractivity contribution in [3.05, 3.63) is 71.1 Å². The Hall–Kier alpha value is -2.21. The summed E-state index contributed by atoms with van der Waals surface area (Å²) in [6, 6.07) is 8.04.